The van der Waals surface area contributed by atoms with Crippen LogP contribution >= 0.6 is 0 Å². The summed E-state index contributed by atoms with van der Waals surface area (Å²) in [6.07, 6.45) is 0. The van der Waals surface area contributed by atoms with Crippen LogP contribution in [0.15, 0.2) is 84.9 Å². The highest BCUT2D eigenvalue weighted by atomic mass is 16.5. The molecule has 6 nitrogen and oxygen atoms in total. The lowest BCUT2D eigenvalue weighted by Crippen LogP contribution is -2.32. The zero-order valence-corrected chi connectivity index (χ0v) is 18.9. The minimum Gasteiger partial charge on any atom is -0.497 e. The first-order chi connectivity index (χ1) is 16.1. The summed E-state index contributed by atoms with van der Waals surface area (Å²) in [7, 11) is 4.32. The Bertz CT molecular complexity index is 1020. The van der Waals surface area contributed by atoms with Crippen LogP contribution < -0.4 is 9.64 Å². The van der Waals surface area contributed by atoms with Gasteiger partial charge < -0.3 is 19.1 Å². The Morgan fingerprint density at radius 3 is 1.42 bits per heavy atom. The third kappa shape index (κ3) is 4.16. The summed E-state index contributed by atoms with van der Waals surface area (Å²) in [6.45, 7) is 0. The van der Waals surface area contributed by atoms with E-state index in [-0.39, 0.29) is 0 Å². The van der Waals surface area contributed by atoms with Crippen LogP contribution in [0.3, 0.4) is 0 Å². The number of carbonyl (C=O) groups excluding carboxylic acids is 2. The van der Waals surface area contributed by atoms with Gasteiger partial charge in [-0.2, -0.15) is 0 Å². The highest BCUT2D eigenvalue weighted by Gasteiger charge is 2.57. The fourth-order valence-corrected chi connectivity index (χ4v) is 4.85. The maximum Gasteiger partial charge on any atom is 0.312 e. The van der Waals surface area contributed by atoms with E-state index in [2.05, 4.69) is 4.90 Å². The van der Waals surface area contributed by atoms with Crippen LogP contribution in [0.4, 0.5) is 5.69 Å². The molecule has 0 radical (unpaired) electrons. The molecule has 3 aromatic carbocycles. The molecule has 0 bridgehead atoms. The van der Waals surface area contributed by atoms with Crippen LogP contribution in [0.5, 0.6) is 5.75 Å². The highest BCUT2D eigenvalue weighted by Crippen LogP contribution is 2.54. The van der Waals surface area contributed by atoms with E-state index in [0.717, 1.165) is 22.6 Å². The molecule has 6 heteroatoms. The number of nitrogens with zero attached hydrogens (tertiary/aromatic N) is 1. The molecule has 1 saturated heterocycles. The van der Waals surface area contributed by atoms with E-state index >= 15 is 0 Å². The second-order valence-electron chi connectivity index (χ2n) is 7.91. The van der Waals surface area contributed by atoms with Gasteiger partial charge in [0.25, 0.3) is 0 Å². The molecule has 0 aromatic heterocycles. The monoisotopic (exact) mass is 445 g/mol. The Balaban J connectivity index is 1.98. The van der Waals surface area contributed by atoms with Crippen molar-refractivity contribution in [1.82, 2.24) is 0 Å². The minimum absolute atomic E-state index is 0.443. The van der Waals surface area contributed by atoms with E-state index in [1.165, 1.54) is 14.2 Å². The van der Waals surface area contributed by atoms with E-state index in [4.69, 9.17) is 14.2 Å². The lowest BCUT2D eigenvalue weighted by atomic mass is 9.82. The zero-order valence-electron chi connectivity index (χ0n) is 18.9. The molecule has 4 rings (SSSR count). The Morgan fingerprint density at radius 1 is 0.636 bits per heavy atom. The average molecular weight is 446 g/mol. The van der Waals surface area contributed by atoms with Gasteiger partial charge in [0.1, 0.15) is 5.75 Å². The standard InChI is InChI=1S/C27H27NO5/c1-31-21-16-14-20(15-17-21)28-24(18-10-6-4-7-11-18)22(26(29)32-2)23(27(30)33-3)25(28)19-12-8-5-9-13-19/h4-17,22-25H,1-3H3/t22-,23+,24-,25-/m1/s1. The molecule has 3 aromatic rings. The molecule has 0 amide bonds. The van der Waals surface area contributed by atoms with E-state index in [1.54, 1.807) is 7.11 Å². The van der Waals surface area contributed by atoms with Crippen LogP contribution in [0.1, 0.15) is 23.2 Å². The summed E-state index contributed by atoms with van der Waals surface area (Å²) < 4.78 is 15.8. The smallest absolute Gasteiger partial charge is 0.312 e. The van der Waals surface area contributed by atoms with Gasteiger partial charge in [0, 0.05) is 5.69 Å². The number of anilines is 1. The molecule has 0 unspecified atom stereocenters. The van der Waals surface area contributed by atoms with Gasteiger partial charge in [-0.1, -0.05) is 60.7 Å². The first-order valence-corrected chi connectivity index (χ1v) is 10.8. The van der Waals surface area contributed by atoms with E-state index in [1.807, 2.05) is 84.9 Å². The molecule has 1 aliphatic rings. The Morgan fingerprint density at radius 2 is 1.06 bits per heavy atom. The Hall–Kier alpha value is -3.80. The van der Waals surface area contributed by atoms with Crippen molar-refractivity contribution in [1.29, 1.82) is 0 Å². The van der Waals surface area contributed by atoms with E-state index in [0.29, 0.717) is 0 Å². The van der Waals surface area contributed by atoms with Crippen LogP contribution in [-0.4, -0.2) is 33.3 Å². The summed E-state index contributed by atoms with van der Waals surface area (Å²) in [5.41, 5.74) is 2.69. The lowest BCUT2D eigenvalue weighted by Gasteiger charge is -2.34. The fourth-order valence-electron chi connectivity index (χ4n) is 4.85. The molecule has 4 atom stereocenters. The molecule has 0 N–H and O–H groups in total. The van der Waals surface area contributed by atoms with Crippen LogP contribution in [0.2, 0.25) is 0 Å². The molecule has 0 saturated carbocycles. The van der Waals surface area contributed by atoms with Gasteiger partial charge in [-0.15, -0.1) is 0 Å². The predicted octanol–water partition coefficient (Wildman–Crippen LogP) is 4.58. The molecule has 1 heterocycles. The van der Waals surface area contributed by atoms with Crippen molar-refractivity contribution in [3.8, 4) is 5.75 Å². The zero-order chi connectivity index (χ0) is 23.4. The summed E-state index contributed by atoms with van der Waals surface area (Å²) in [5.74, 6) is -1.71. The van der Waals surface area contributed by atoms with Crippen molar-refractivity contribution in [3.05, 3.63) is 96.1 Å². The third-order valence-electron chi connectivity index (χ3n) is 6.27. The number of esters is 2. The number of rotatable bonds is 6. The second-order valence-corrected chi connectivity index (χ2v) is 7.91. The topological polar surface area (TPSA) is 65.1 Å². The average Bonchev–Trinajstić information content (AvgIpc) is 3.25. The Kier molecular flexibility index (Phi) is 6.63. The fraction of sp³-hybridized carbons (Fsp3) is 0.259. The third-order valence-corrected chi connectivity index (χ3v) is 6.27. The van der Waals surface area contributed by atoms with Crippen molar-refractivity contribution in [2.75, 3.05) is 26.2 Å². The molecule has 0 aliphatic carbocycles. The van der Waals surface area contributed by atoms with Crippen molar-refractivity contribution in [3.63, 3.8) is 0 Å². The number of benzene rings is 3. The van der Waals surface area contributed by atoms with Crippen molar-refractivity contribution >= 4 is 17.6 Å². The highest BCUT2D eigenvalue weighted by molar-refractivity contribution is 5.86. The van der Waals surface area contributed by atoms with Gasteiger partial charge in [0.05, 0.1) is 45.2 Å². The number of carbonyl (C=O) groups is 2. The summed E-state index contributed by atoms with van der Waals surface area (Å²) in [5, 5.41) is 0. The summed E-state index contributed by atoms with van der Waals surface area (Å²) in [6, 6.07) is 26.2. The first-order valence-electron chi connectivity index (χ1n) is 10.8. The molecule has 170 valence electrons. The number of ether oxygens (including phenoxy) is 3. The maximum atomic E-state index is 13.2. The second kappa shape index (κ2) is 9.77. The predicted molar refractivity (Wildman–Crippen MR) is 125 cm³/mol. The van der Waals surface area contributed by atoms with Gasteiger partial charge in [-0.05, 0) is 35.4 Å². The normalized spacial score (nSPS) is 22.0. The molecule has 1 fully saturated rings. The molecule has 1 aliphatic heterocycles. The SMILES string of the molecule is COC(=O)[C@@H]1[C@H](C(=O)OC)[C@@H](c2ccccc2)N(c2ccc(OC)cc2)[C@@H]1c1ccccc1. The van der Waals surface area contributed by atoms with Crippen molar-refractivity contribution in [2.24, 2.45) is 11.8 Å². The number of hydrogen-bond acceptors (Lipinski definition) is 6. The van der Waals surface area contributed by atoms with Crippen molar-refractivity contribution in [2.45, 2.75) is 12.1 Å². The maximum absolute atomic E-state index is 13.2. The molecule has 0 spiro atoms. The lowest BCUT2D eigenvalue weighted by molar-refractivity contribution is -0.157. The van der Waals surface area contributed by atoms with E-state index in [9.17, 15) is 9.59 Å². The van der Waals surface area contributed by atoms with Gasteiger partial charge in [-0.25, -0.2) is 0 Å². The largest absolute Gasteiger partial charge is 0.497 e. The quantitative estimate of drug-likeness (QED) is 0.518. The number of methoxy groups -OCH3 is 3. The first kappa shape index (κ1) is 22.4. The van der Waals surface area contributed by atoms with Gasteiger partial charge in [0.15, 0.2) is 0 Å². The molecular weight excluding hydrogens is 418 g/mol. The van der Waals surface area contributed by atoms with Crippen LogP contribution in [0, 0.1) is 11.8 Å². The summed E-state index contributed by atoms with van der Waals surface area (Å²) in [4.78, 5) is 28.5. The van der Waals surface area contributed by atoms with Crippen molar-refractivity contribution < 1.29 is 23.8 Å². The molecular formula is C27H27NO5. The van der Waals surface area contributed by atoms with Gasteiger partial charge in [0.2, 0.25) is 0 Å². The van der Waals surface area contributed by atoms with Crippen LogP contribution in [-0.2, 0) is 19.1 Å². The van der Waals surface area contributed by atoms with E-state index < -0.39 is 35.9 Å². The summed E-state index contributed by atoms with van der Waals surface area (Å²) >= 11 is 0. The van der Waals surface area contributed by atoms with Gasteiger partial charge >= 0.3 is 11.9 Å². The number of hydrogen-bond donors (Lipinski definition) is 0. The molecule has 33 heavy (non-hydrogen) atoms. The minimum atomic E-state index is -0.767. The van der Waals surface area contributed by atoms with Gasteiger partial charge in [-0.3, -0.25) is 9.59 Å². The van der Waals surface area contributed by atoms with Crippen LogP contribution in [0.25, 0.3) is 0 Å². The Labute approximate surface area is 193 Å².